The summed E-state index contributed by atoms with van der Waals surface area (Å²) in [4.78, 5) is 17.5. The van der Waals surface area contributed by atoms with Crippen LogP contribution in [0.25, 0.3) is 16.9 Å². The molecule has 1 aliphatic rings. The second-order valence-electron chi connectivity index (χ2n) is 9.87. The lowest BCUT2D eigenvalue weighted by Gasteiger charge is -2.23. The van der Waals surface area contributed by atoms with Gasteiger partial charge in [-0.1, -0.05) is 60.7 Å². The van der Waals surface area contributed by atoms with Gasteiger partial charge in [0.1, 0.15) is 11.6 Å². The van der Waals surface area contributed by atoms with Crippen molar-refractivity contribution in [2.24, 2.45) is 5.92 Å². The summed E-state index contributed by atoms with van der Waals surface area (Å²) in [5, 5.41) is 21.4. The molecule has 0 bridgehead atoms. The van der Waals surface area contributed by atoms with E-state index in [1.54, 1.807) is 22.8 Å². The molecule has 0 aliphatic heterocycles. The lowest BCUT2D eigenvalue weighted by Crippen LogP contribution is -2.33. The van der Waals surface area contributed by atoms with Gasteiger partial charge in [-0.3, -0.25) is 4.79 Å². The molecule has 0 fully saturated rings. The van der Waals surface area contributed by atoms with Gasteiger partial charge in [0, 0.05) is 30.6 Å². The molecule has 1 atom stereocenters. The van der Waals surface area contributed by atoms with Crippen LogP contribution >= 0.6 is 15.9 Å². The molecule has 6 rings (SSSR count). The highest BCUT2D eigenvalue weighted by molar-refractivity contribution is 9.10. The molecule has 2 aromatic heterocycles. The molecule has 0 saturated carbocycles. The number of aromatic hydroxyl groups is 1. The van der Waals surface area contributed by atoms with E-state index in [-0.39, 0.29) is 17.6 Å². The zero-order chi connectivity index (χ0) is 26.8. The summed E-state index contributed by atoms with van der Waals surface area (Å²) in [6, 6.07) is 25.7. The van der Waals surface area contributed by atoms with Crippen LogP contribution in [0, 0.1) is 5.92 Å². The molecule has 5 aromatic rings. The normalized spacial score (nSPS) is 14.6. The Bertz CT molecular complexity index is 1650. The predicted octanol–water partition coefficient (Wildman–Crippen LogP) is 5.90. The molecule has 2 heterocycles. The van der Waals surface area contributed by atoms with Gasteiger partial charge in [-0.05, 0) is 69.6 Å². The van der Waals surface area contributed by atoms with Crippen molar-refractivity contribution in [3.05, 3.63) is 112 Å². The minimum atomic E-state index is 0.0330. The van der Waals surface area contributed by atoms with Gasteiger partial charge in [0.15, 0.2) is 5.65 Å². The number of carbonyl (C=O) groups excluding carboxylic acids is 1. The largest absolute Gasteiger partial charge is 0.507 e. The van der Waals surface area contributed by atoms with E-state index < -0.39 is 0 Å². The Hall–Kier alpha value is -4.17. The number of aromatic nitrogens is 3. The van der Waals surface area contributed by atoms with Crippen LogP contribution in [0.5, 0.6) is 5.75 Å². The molecular formula is C31H28BrN5O2. The number of amides is 1. The van der Waals surface area contributed by atoms with E-state index in [0.29, 0.717) is 30.0 Å². The number of carbonyl (C=O) groups is 1. The fraction of sp³-hybridized carbons (Fsp3) is 0.194. The number of anilines is 1. The van der Waals surface area contributed by atoms with E-state index in [2.05, 4.69) is 62.0 Å². The topological polar surface area (TPSA) is 91.5 Å². The van der Waals surface area contributed by atoms with Crippen molar-refractivity contribution in [2.75, 3.05) is 5.32 Å². The summed E-state index contributed by atoms with van der Waals surface area (Å²) in [6.45, 7) is 1.09. The molecule has 196 valence electrons. The van der Waals surface area contributed by atoms with Crippen molar-refractivity contribution in [3.8, 4) is 17.0 Å². The van der Waals surface area contributed by atoms with E-state index in [4.69, 9.17) is 4.98 Å². The molecular weight excluding hydrogens is 554 g/mol. The van der Waals surface area contributed by atoms with Crippen molar-refractivity contribution in [1.29, 1.82) is 0 Å². The number of rotatable bonds is 7. The summed E-state index contributed by atoms with van der Waals surface area (Å²) in [7, 11) is 0. The smallest absolute Gasteiger partial charge is 0.223 e. The van der Waals surface area contributed by atoms with Crippen molar-refractivity contribution in [3.63, 3.8) is 0 Å². The highest BCUT2D eigenvalue weighted by atomic mass is 79.9. The Morgan fingerprint density at radius 1 is 0.974 bits per heavy atom. The van der Waals surface area contributed by atoms with Crippen molar-refractivity contribution in [2.45, 2.75) is 32.4 Å². The highest BCUT2D eigenvalue weighted by Gasteiger charge is 2.24. The number of aryl methyl sites for hydroxylation is 1. The second kappa shape index (κ2) is 10.9. The van der Waals surface area contributed by atoms with Gasteiger partial charge < -0.3 is 15.7 Å². The third kappa shape index (κ3) is 5.38. The Labute approximate surface area is 235 Å². The fourth-order valence-corrected chi connectivity index (χ4v) is 5.46. The summed E-state index contributed by atoms with van der Waals surface area (Å²) in [5.41, 5.74) is 6.78. The van der Waals surface area contributed by atoms with E-state index in [1.165, 1.54) is 11.1 Å². The Morgan fingerprint density at radius 3 is 2.49 bits per heavy atom. The first-order valence-electron chi connectivity index (χ1n) is 13.0. The van der Waals surface area contributed by atoms with Crippen LogP contribution in [0.4, 0.5) is 5.82 Å². The van der Waals surface area contributed by atoms with Crippen LogP contribution < -0.4 is 10.6 Å². The van der Waals surface area contributed by atoms with Crippen LogP contribution in [0.15, 0.2) is 89.5 Å². The van der Waals surface area contributed by atoms with Crippen LogP contribution in [0.3, 0.4) is 0 Å². The first-order valence-corrected chi connectivity index (χ1v) is 13.8. The fourth-order valence-electron chi connectivity index (χ4n) is 5.11. The Kier molecular flexibility index (Phi) is 7.02. The first-order chi connectivity index (χ1) is 19.0. The molecule has 0 radical (unpaired) electrons. The summed E-state index contributed by atoms with van der Waals surface area (Å²) >= 11 is 3.52. The molecule has 1 amide bonds. The Balaban J connectivity index is 1.10. The number of benzene rings is 3. The third-order valence-corrected chi connectivity index (χ3v) is 7.85. The van der Waals surface area contributed by atoms with E-state index >= 15 is 0 Å². The van der Waals surface area contributed by atoms with Crippen LogP contribution in [-0.4, -0.2) is 25.6 Å². The van der Waals surface area contributed by atoms with Crippen molar-refractivity contribution < 1.29 is 9.90 Å². The molecule has 7 nitrogen and oxygen atoms in total. The minimum absolute atomic E-state index is 0.0330. The number of nitrogens with zero attached hydrogens (tertiary/aromatic N) is 3. The zero-order valence-corrected chi connectivity index (χ0v) is 22.9. The Morgan fingerprint density at radius 2 is 1.69 bits per heavy atom. The van der Waals surface area contributed by atoms with Gasteiger partial charge in [-0.25, -0.2) is 4.98 Å². The SMILES string of the molecule is O=C(NCc1ccc(CNc2cc(-c3ccccc3O)nc3c(Br)cnn23)cc1)C1CCc2ccccc2C1. The first kappa shape index (κ1) is 25.1. The molecule has 1 aliphatic carbocycles. The van der Waals surface area contributed by atoms with Gasteiger partial charge in [0.05, 0.1) is 16.4 Å². The van der Waals surface area contributed by atoms with Crippen molar-refractivity contribution in [1.82, 2.24) is 19.9 Å². The monoisotopic (exact) mass is 581 g/mol. The van der Waals surface area contributed by atoms with E-state index in [0.717, 1.165) is 40.7 Å². The van der Waals surface area contributed by atoms with Crippen LogP contribution in [0.2, 0.25) is 0 Å². The average Bonchev–Trinajstić information content (AvgIpc) is 3.35. The number of hydrogen-bond donors (Lipinski definition) is 3. The lowest BCUT2D eigenvalue weighted by atomic mass is 9.83. The standard InChI is InChI=1S/C31H28BrN5O2/c32-26-19-35-37-29(16-27(36-30(26)37)25-7-3-4-8-28(25)38)33-17-20-9-11-21(12-10-20)18-34-31(39)24-14-13-22-5-1-2-6-23(22)15-24/h1-12,16,19,24,33,38H,13-15,17-18H2,(H,34,39). The van der Waals surface area contributed by atoms with E-state index in [1.807, 2.05) is 36.4 Å². The van der Waals surface area contributed by atoms with Gasteiger partial charge in [0.25, 0.3) is 0 Å². The lowest BCUT2D eigenvalue weighted by molar-refractivity contribution is -0.125. The molecule has 0 saturated heterocycles. The maximum absolute atomic E-state index is 12.8. The maximum Gasteiger partial charge on any atom is 0.223 e. The number of para-hydroxylation sites is 1. The van der Waals surface area contributed by atoms with Gasteiger partial charge in [0.2, 0.25) is 5.91 Å². The van der Waals surface area contributed by atoms with Gasteiger partial charge >= 0.3 is 0 Å². The van der Waals surface area contributed by atoms with Gasteiger partial charge in [-0.15, -0.1) is 0 Å². The molecule has 3 N–H and O–H groups in total. The molecule has 0 spiro atoms. The predicted molar refractivity (Wildman–Crippen MR) is 155 cm³/mol. The van der Waals surface area contributed by atoms with E-state index in [9.17, 15) is 9.90 Å². The van der Waals surface area contributed by atoms with Crippen LogP contribution in [-0.2, 0) is 30.7 Å². The summed E-state index contributed by atoms with van der Waals surface area (Å²) < 4.78 is 2.51. The quantitative estimate of drug-likeness (QED) is 0.222. The molecule has 3 aromatic carbocycles. The molecule has 1 unspecified atom stereocenters. The van der Waals surface area contributed by atoms with Crippen LogP contribution in [0.1, 0.15) is 28.7 Å². The highest BCUT2D eigenvalue weighted by Crippen LogP contribution is 2.31. The second-order valence-corrected chi connectivity index (χ2v) is 10.7. The maximum atomic E-state index is 12.8. The molecule has 8 heteroatoms. The number of phenolic OH excluding ortho intramolecular Hbond substituents is 1. The average molecular weight is 583 g/mol. The third-order valence-electron chi connectivity index (χ3n) is 7.29. The number of hydrogen-bond acceptors (Lipinski definition) is 5. The number of fused-ring (bicyclic) bond motifs is 2. The summed E-state index contributed by atoms with van der Waals surface area (Å²) in [5.74, 6) is 1.09. The zero-order valence-electron chi connectivity index (χ0n) is 21.3. The number of halogens is 1. The number of nitrogens with one attached hydrogen (secondary N) is 2. The van der Waals surface area contributed by atoms with Crippen molar-refractivity contribution >= 4 is 33.3 Å². The minimum Gasteiger partial charge on any atom is -0.507 e. The van der Waals surface area contributed by atoms with Gasteiger partial charge in [-0.2, -0.15) is 9.61 Å². The molecule has 39 heavy (non-hydrogen) atoms. The number of phenols is 1. The summed E-state index contributed by atoms with van der Waals surface area (Å²) in [6.07, 6.45) is 4.38.